The van der Waals surface area contributed by atoms with Gasteiger partial charge in [-0.15, -0.1) is 11.3 Å². The summed E-state index contributed by atoms with van der Waals surface area (Å²) in [7, 11) is -1.59. The predicted octanol–water partition coefficient (Wildman–Crippen LogP) is 3.28. The van der Waals surface area contributed by atoms with E-state index in [0.29, 0.717) is 17.3 Å². The van der Waals surface area contributed by atoms with Gasteiger partial charge in [-0.05, 0) is 44.2 Å². The van der Waals surface area contributed by atoms with E-state index in [2.05, 4.69) is 6.92 Å². The zero-order chi connectivity index (χ0) is 15.8. The summed E-state index contributed by atoms with van der Waals surface area (Å²) < 4.78 is 33.8. The molecule has 0 N–H and O–H groups in total. The number of rotatable bonds is 4. The van der Waals surface area contributed by atoms with Gasteiger partial charge in [0.15, 0.2) is 0 Å². The molecule has 1 spiro atoms. The van der Waals surface area contributed by atoms with E-state index >= 15 is 0 Å². The SMILES string of the molecule is CCc1ccc(S(=O)(=O)N2CCC[C@]3(CCC[C@H]3OC)C2)s1. The lowest BCUT2D eigenvalue weighted by atomic mass is 9.77. The molecule has 0 radical (unpaired) electrons. The van der Waals surface area contributed by atoms with E-state index in [4.69, 9.17) is 4.74 Å². The normalized spacial score (nSPS) is 30.2. The van der Waals surface area contributed by atoms with Gasteiger partial charge in [-0.1, -0.05) is 13.3 Å². The Kier molecular flexibility index (Phi) is 4.65. The largest absolute Gasteiger partial charge is 0.381 e. The topological polar surface area (TPSA) is 46.6 Å². The molecule has 0 unspecified atom stereocenters. The summed E-state index contributed by atoms with van der Waals surface area (Å²) in [5.41, 5.74) is 0.0327. The maximum absolute atomic E-state index is 12.9. The highest BCUT2D eigenvalue weighted by Gasteiger charge is 2.48. The Morgan fingerprint density at radius 1 is 1.36 bits per heavy atom. The number of aryl methyl sites for hydroxylation is 1. The van der Waals surface area contributed by atoms with Crippen LogP contribution in [0.5, 0.6) is 0 Å². The van der Waals surface area contributed by atoms with Crippen LogP contribution >= 0.6 is 11.3 Å². The van der Waals surface area contributed by atoms with Crippen molar-refractivity contribution < 1.29 is 13.2 Å². The summed E-state index contributed by atoms with van der Waals surface area (Å²) in [5, 5.41) is 0. The van der Waals surface area contributed by atoms with Crippen molar-refractivity contribution in [1.82, 2.24) is 4.31 Å². The van der Waals surface area contributed by atoms with Gasteiger partial charge >= 0.3 is 0 Å². The molecular weight excluding hydrogens is 318 g/mol. The lowest BCUT2D eigenvalue weighted by Gasteiger charge is -2.42. The Morgan fingerprint density at radius 2 is 2.14 bits per heavy atom. The highest BCUT2D eigenvalue weighted by molar-refractivity contribution is 7.91. The minimum atomic E-state index is -3.35. The molecule has 2 fully saturated rings. The zero-order valence-electron chi connectivity index (χ0n) is 13.4. The molecular formula is C16H25NO3S2. The van der Waals surface area contributed by atoms with Crippen molar-refractivity contribution in [3.8, 4) is 0 Å². The fourth-order valence-electron chi connectivity index (χ4n) is 4.08. The van der Waals surface area contributed by atoms with E-state index in [9.17, 15) is 8.42 Å². The first-order valence-electron chi connectivity index (χ1n) is 8.13. The molecule has 1 aliphatic heterocycles. The number of piperidine rings is 1. The van der Waals surface area contributed by atoms with Gasteiger partial charge < -0.3 is 4.74 Å². The summed E-state index contributed by atoms with van der Waals surface area (Å²) in [6.45, 7) is 3.31. The van der Waals surface area contributed by atoms with Crippen molar-refractivity contribution in [2.24, 2.45) is 5.41 Å². The van der Waals surface area contributed by atoms with Gasteiger partial charge in [0.1, 0.15) is 4.21 Å². The van der Waals surface area contributed by atoms with Crippen molar-refractivity contribution >= 4 is 21.4 Å². The standard InChI is InChI=1S/C16H25NO3S2/c1-3-13-7-8-15(21-13)22(18,19)17-11-5-10-16(12-17)9-4-6-14(16)20-2/h7-8,14H,3-6,9-12H2,1-2H3/t14-,16-/m1/s1. The van der Waals surface area contributed by atoms with Gasteiger partial charge in [0, 0.05) is 30.5 Å². The van der Waals surface area contributed by atoms with Crippen LogP contribution in [0.15, 0.2) is 16.3 Å². The molecule has 4 nitrogen and oxygen atoms in total. The Balaban J connectivity index is 1.85. The van der Waals surface area contributed by atoms with E-state index in [1.807, 2.05) is 6.07 Å². The third-order valence-corrected chi connectivity index (χ3v) is 8.80. The van der Waals surface area contributed by atoms with Crippen molar-refractivity contribution in [2.45, 2.75) is 55.8 Å². The molecule has 1 aromatic heterocycles. The fourth-order valence-corrected chi connectivity index (χ4v) is 7.10. The maximum Gasteiger partial charge on any atom is 0.252 e. The summed E-state index contributed by atoms with van der Waals surface area (Å²) >= 11 is 1.41. The predicted molar refractivity (Wildman–Crippen MR) is 88.8 cm³/mol. The number of hydrogen-bond donors (Lipinski definition) is 0. The molecule has 0 bridgehead atoms. The van der Waals surface area contributed by atoms with Gasteiger partial charge in [-0.2, -0.15) is 4.31 Å². The zero-order valence-corrected chi connectivity index (χ0v) is 15.0. The highest BCUT2D eigenvalue weighted by atomic mass is 32.2. The number of thiophene rings is 1. The van der Waals surface area contributed by atoms with Gasteiger partial charge in [0.2, 0.25) is 0 Å². The van der Waals surface area contributed by atoms with E-state index < -0.39 is 10.0 Å². The number of hydrogen-bond acceptors (Lipinski definition) is 4. The van der Waals surface area contributed by atoms with Crippen molar-refractivity contribution in [3.05, 3.63) is 17.0 Å². The molecule has 1 saturated heterocycles. The van der Waals surface area contributed by atoms with E-state index in [1.54, 1.807) is 17.5 Å². The molecule has 124 valence electrons. The molecule has 0 amide bonds. The molecule has 1 aliphatic carbocycles. The Bertz CT molecular complexity index is 625. The third kappa shape index (κ3) is 2.75. The summed E-state index contributed by atoms with van der Waals surface area (Å²) in [6, 6.07) is 3.70. The van der Waals surface area contributed by atoms with E-state index in [1.165, 1.54) is 11.3 Å². The quantitative estimate of drug-likeness (QED) is 0.843. The Morgan fingerprint density at radius 3 is 2.82 bits per heavy atom. The molecule has 22 heavy (non-hydrogen) atoms. The summed E-state index contributed by atoms with van der Waals surface area (Å²) in [5.74, 6) is 0. The number of nitrogens with zero attached hydrogens (tertiary/aromatic N) is 1. The second kappa shape index (κ2) is 6.23. The second-order valence-electron chi connectivity index (χ2n) is 6.50. The average Bonchev–Trinajstić information content (AvgIpc) is 3.14. The molecule has 3 rings (SSSR count). The Labute approximate surface area is 137 Å². The van der Waals surface area contributed by atoms with Crippen molar-refractivity contribution in [1.29, 1.82) is 0 Å². The molecule has 1 saturated carbocycles. The highest BCUT2D eigenvalue weighted by Crippen LogP contribution is 2.47. The van der Waals surface area contributed by atoms with Gasteiger partial charge in [-0.25, -0.2) is 8.42 Å². The van der Waals surface area contributed by atoms with Gasteiger partial charge in [0.05, 0.1) is 6.10 Å². The minimum absolute atomic E-state index is 0.0327. The Hall–Kier alpha value is -0.430. The fraction of sp³-hybridized carbons (Fsp3) is 0.750. The first-order chi connectivity index (χ1) is 10.5. The summed E-state index contributed by atoms with van der Waals surface area (Å²) in [4.78, 5) is 1.13. The number of ether oxygens (including phenoxy) is 1. The van der Waals surface area contributed by atoms with Gasteiger partial charge in [-0.3, -0.25) is 0 Å². The lowest BCUT2D eigenvalue weighted by Crippen LogP contribution is -2.49. The first-order valence-corrected chi connectivity index (χ1v) is 10.4. The van der Waals surface area contributed by atoms with Crippen molar-refractivity contribution in [2.75, 3.05) is 20.2 Å². The van der Waals surface area contributed by atoms with Crippen LogP contribution in [0.25, 0.3) is 0 Å². The molecule has 2 heterocycles. The van der Waals surface area contributed by atoms with E-state index in [-0.39, 0.29) is 11.5 Å². The van der Waals surface area contributed by atoms with Crippen molar-refractivity contribution in [3.63, 3.8) is 0 Å². The smallest absolute Gasteiger partial charge is 0.252 e. The number of sulfonamides is 1. The number of methoxy groups -OCH3 is 1. The molecule has 2 aliphatic rings. The molecule has 0 aromatic carbocycles. The van der Waals surface area contributed by atoms with Crippen LogP contribution in [0, 0.1) is 5.41 Å². The van der Waals surface area contributed by atoms with Crippen LogP contribution < -0.4 is 0 Å². The van der Waals surface area contributed by atoms with Gasteiger partial charge in [0.25, 0.3) is 10.0 Å². The minimum Gasteiger partial charge on any atom is -0.381 e. The molecule has 2 atom stereocenters. The van der Waals surface area contributed by atoms with Crippen LogP contribution in [-0.4, -0.2) is 39.0 Å². The van der Waals surface area contributed by atoms with Crippen LogP contribution in [-0.2, 0) is 21.2 Å². The second-order valence-corrected chi connectivity index (χ2v) is 9.83. The van der Waals surface area contributed by atoms with E-state index in [0.717, 1.165) is 43.4 Å². The van der Waals surface area contributed by atoms with Crippen LogP contribution in [0.3, 0.4) is 0 Å². The van der Waals surface area contributed by atoms with Crippen LogP contribution in [0.2, 0.25) is 0 Å². The third-order valence-electron chi connectivity index (χ3n) is 5.26. The monoisotopic (exact) mass is 343 g/mol. The summed E-state index contributed by atoms with van der Waals surface area (Å²) in [6.07, 6.45) is 6.40. The van der Waals surface area contributed by atoms with Crippen LogP contribution in [0.1, 0.15) is 43.9 Å². The molecule has 6 heteroatoms. The lowest BCUT2D eigenvalue weighted by molar-refractivity contribution is -0.0184. The first kappa shape index (κ1) is 16.4. The molecule has 1 aromatic rings. The maximum atomic E-state index is 12.9. The van der Waals surface area contributed by atoms with Crippen LogP contribution in [0.4, 0.5) is 0 Å². The average molecular weight is 344 g/mol.